The number of hydrogen-bond donors (Lipinski definition) is 1. The molecule has 12 heteroatoms. The molecule has 1 N–H and O–H groups in total. The molecule has 0 saturated heterocycles. The van der Waals surface area contributed by atoms with Gasteiger partial charge in [0.25, 0.3) is 0 Å². The van der Waals surface area contributed by atoms with Crippen LogP contribution in [0.25, 0.3) is 22.3 Å². The van der Waals surface area contributed by atoms with Crippen LogP contribution in [0, 0.1) is 23.3 Å². The minimum absolute atomic E-state index is 0.0353. The van der Waals surface area contributed by atoms with Gasteiger partial charge >= 0.3 is 5.97 Å². The van der Waals surface area contributed by atoms with Crippen molar-refractivity contribution in [1.82, 2.24) is 19.7 Å². The lowest BCUT2D eigenvalue weighted by atomic mass is 9.76. The highest BCUT2D eigenvalue weighted by Gasteiger charge is 2.40. The average molecular weight is 609 g/mol. The molecular weight excluding hydrogens is 580 g/mol. The molecule has 2 aromatic heterocycles. The van der Waals surface area contributed by atoms with Gasteiger partial charge in [-0.3, -0.25) is 4.79 Å². The summed E-state index contributed by atoms with van der Waals surface area (Å²) in [7, 11) is 1.60. The van der Waals surface area contributed by atoms with Crippen molar-refractivity contribution in [3.05, 3.63) is 88.9 Å². The van der Waals surface area contributed by atoms with E-state index in [1.807, 2.05) is 25.1 Å². The highest BCUT2D eigenvalue weighted by molar-refractivity contribution is 5.82. The second-order valence-electron chi connectivity index (χ2n) is 10.7. The molecule has 8 nitrogen and oxygen atoms in total. The maximum Gasteiger partial charge on any atom is 0.306 e. The van der Waals surface area contributed by atoms with Crippen molar-refractivity contribution in [2.45, 2.75) is 38.5 Å². The van der Waals surface area contributed by atoms with Gasteiger partial charge in [-0.15, -0.1) is 0 Å². The zero-order valence-electron chi connectivity index (χ0n) is 24.1. The molecule has 44 heavy (non-hydrogen) atoms. The van der Waals surface area contributed by atoms with Gasteiger partial charge in [0, 0.05) is 30.6 Å². The minimum atomic E-state index is -1.52. The zero-order chi connectivity index (χ0) is 31.2. The van der Waals surface area contributed by atoms with Gasteiger partial charge in [-0.1, -0.05) is 18.2 Å². The number of hydrogen-bond acceptors (Lipinski definition) is 6. The molecule has 0 saturated carbocycles. The van der Waals surface area contributed by atoms with Crippen LogP contribution in [0.5, 0.6) is 17.2 Å². The molecule has 0 aliphatic carbocycles. The first-order valence-electron chi connectivity index (χ1n) is 14.1. The van der Waals surface area contributed by atoms with Crippen LogP contribution in [0.4, 0.5) is 17.6 Å². The predicted molar refractivity (Wildman–Crippen MR) is 153 cm³/mol. The molecule has 1 atom stereocenters. The van der Waals surface area contributed by atoms with Crippen LogP contribution >= 0.6 is 0 Å². The van der Waals surface area contributed by atoms with Crippen LogP contribution in [0.3, 0.4) is 0 Å². The molecule has 0 radical (unpaired) electrons. The van der Waals surface area contributed by atoms with Gasteiger partial charge in [0.2, 0.25) is 11.6 Å². The molecule has 3 aromatic carbocycles. The first kappa shape index (κ1) is 29.2. The fourth-order valence-corrected chi connectivity index (χ4v) is 5.54. The first-order chi connectivity index (χ1) is 21.1. The van der Waals surface area contributed by atoms with Gasteiger partial charge in [-0.25, -0.2) is 22.8 Å². The number of H-pyrrole nitrogens is 1. The summed E-state index contributed by atoms with van der Waals surface area (Å²) in [6, 6.07) is 10.4. The molecule has 0 unspecified atom stereocenters. The second kappa shape index (κ2) is 11.3. The maximum atomic E-state index is 15.2. The summed E-state index contributed by atoms with van der Waals surface area (Å²) in [5, 5.41) is 4.44. The number of nitrogens with zero attached hydrogens (tertiary/aromatic N) is 3. The Hall–Kier alpha value is -4.87. The fourth-order valence-electron chi connectivity index (χ4n) is 5.54. The normalized spacial score (nSPS) is 16.1. The molecule has 0 bridgehead atoms. The van der Waals surface area contributed by atoms with Gasteiger partial charge < -0.3 is 19.2 Å². The number of aromatic nitrogens is 4. The van der Waals surface area contributed by atoms with Crippen molar-refractivity contribution >= 4 is 16.9 Å². The summed E-state index contributed by atoms with van der Waals surface area (Å²) < 4.78 is 77.5. The first-order valence-corrected chi connectivity index (χ1v) is 14.1. The number of carbonyl (C=O) groups is 1. The number of esters is 1. The van der Waals surface area contributed by atoms with Crippen molar-refractivity contribution in [2.75, 3.05) is 13.2 Å². The number of ether oxygens (including phenoxy) is 3. The topological polar surface area (TPSA) is 91.3 Å². The number of nitrogens with one attached hydrogen (secondary N) is 1. The maximum absolute atomic E-state index is 15.2. The summed E-state index contributed by atoms with van der Waals surface area (Å²) in [5.41, 5.74) is 0.597. The predicted octanol–water partition coefficient (Wildman–Crippen LogP) is 6.90. The molecular formula is C32H28F4N4O4. The van der Waals surface area contributed by atoms with Crippen LogP contribution in [0.2, 0.25) is 0 Å². The lowest BCUT2D eigenvalue weighted by molar-refractivity contribution is -0.143. The second-order valence-corrected chi connectivity index (χ2v) is 10.7. The standard InChI is InChI=1S/C32H28F4N4O4/c1-4-42-23(41)11-8-17-6-5-7-21-28(17)43-15-13-32(21,2)31-38-30(40(3)39-31)20-16-18(9-10-22(20)33)44-29-24(34)19-12-14-37-27(19)25(35)26(29)36/h5-7,9-10,12,14,16,37H,4,8,11,13,15H2,1-3H3/t32-/m0/s1. The fraction of sp³-hybridized carbons (Fsp3) is 0.281. The number of aromatic amines is 1. The van der Waals surface area contributed by atoms with E-state index in [0.717, 1.165) is 17.2 Å². The van der Waals surface area contributed by atoms with Crippen LogP contribution in [-0.2, 0) is 28.4 Å². The molecule has 1 aliphatic rings. The molecule has 0 amide bonds. The van der Waals surface area contributed by atoms with E-state index in [1.165, 1.54) is 29.1 Å². The van der Waals surface area contributed by atoms with E-state index in [-0.39, 0.29) is 40.4 Å². The number of aryl methyl sites for hydroxylation is 2. The number of halogens is 4. The van der Waals surface area contributed by atoms with Crippen molar-refractivity contribution < 1.29 is 36.6 Å². The Bertz CT molecular complexity index is 1900. The summed E-state index contributed by atoms with van der Waals surface area (Å²) in [5.74, 6) is -4.76. The van der Waals surface area contributed by atoms with Crippen molar-refractivity contribution in [1.29, 1.82) is 0 Å². The van der Waals surface area contributed by atoms with Gasteiger partial charge in [0.1, 0.15) is 17.3 Å². The Balaban J connectivity index is 1.34. The van der Waals surface area contributed by atoms with Crippen LogP contribution < -0.4 is 9.47 Å². The van der Waals surface area contributed by atoms with E-state index in [2.05, 4.69) is 10.1 Å². The summed E-state index contributed by atoms with van der Waals surface area (Å²) in [4.78, 5) is 19.1. The molecule has 3 heterocycles. The lowest BCUT2D eigenvalue weighted by Crippen LogP contribution is -2.33. The Kier molecular flexibility index (Phi) is 7.52. The van der Waals surface area contributed by atoms with E-state index in [4.69, 9.17) is 19.2 Å². The van der Waals surface area contributed by atoms with Crippen LogP contribution in [0.15, 0.2) is 48.7 Å². The Morgan fingerprint density at radius 3 is 2.73 bits per heavy atom. The molecule has 0 spiro atoms. The molecule has 0 fully saturated rings. The SMILES string of the molecule is CCOC(=O)CCc1cccc2c1OCC[C@]2(C)c1nc(-c2cc(Oc3c(F)c(F)c4[nH]ccc4c3F)ccc2F)n(C)n1. The summed E-state index contributed by atoms with van der Waals surface area (Å²) >= 11 is 0. The van der Waals surface area contributed by atoms with E-state index >= 15 is 8.78 Å². The average Bonchev–Trinajstić information content (AvgIpc) is 3.66. The van der Waals surface area contributed by atoms with E-state index < -0.39 is 34.4 Å². The van der Waals surface area contributed by atoms with Crippen molar-refractivity contribution in [3.8, 4) is 28.6 Å². The largest absolute Gasteiger partial charge is 0.493 e. The molecule has 6 rings (SSSR count). The summed E-state index contributed by atoms with van der Waals surface area (Å²) in [6.45, 7) is 4.39. The van der Waals surface area contributed by atoms with Crippen LogP contribution in [-0.4, -0.2) is 38.9 Å². The highest BCUT2D eigenvalue weighted by atomic mass is 19.2. The summed E-state index contributed by atoms with van der Waals surface area (Å²) in [6.07, 6.45) is 2.44. The van der Waals surface area contributed by atoms with E-state index in [1.54, 1.807) is 14.0 Å². The Morgan fingerprint density at radius 1 is 1.11 bits per heavy atom. The number of para-hydroxylation sites is 1. The molecule has 1 aliphatic heterocycles. The van der Waals surface area contributed by atoms with E-state index in [0.29, 0.717) is 37.6 Å². The monoisotopic (exact) mass is 608 g/mol. The smallest absolute Gasteiger partial charge is 0.306 e. The van der Waals surface area contributed by atoms with Gasteiger partial charge in [-0.2, -0.15) is 9.49 Å². The molecule has 5 aromatic rings. The third-order valence-electron chi connectivity index (χ3n) is 7.89. The van der Waals surface area contributed by atoms with Crippen molar-refractivity contribution in [2.24, 2.45) is 7.05 Å². The Labute approximate surface area is 249 Å². The number of rotatable bonds is 8. The van der Waals surface area contributed by atoms with Gasteiger partial charge in [0.05, 0.1) is 29.7 Å². The van der Waals surface area contributed by atoms with Gasteiger partial charge in [-0.05, 0) is 56.5 Å². The van der Waals surface area contributed by atoms with Crippen molar-refractivity contribution in [3.63, 3.8) is 0 Å². The minimum Gasteiger partial charge on any atom is -0.493 e. The molecule has 228 valence electrons. The Morgan fingerprint density at radius 2 is 1.93 bits per heavy atom. The van der Waals surface area contributed by atoms with E-state index in [9.17, 15) is 13.6 Å². The van der Waals surface area contributed by atoms with Gasteiger partial charge in [0.15, 0.2) is 23.3 Å². The van der Waals surface area contributed by atoms with Crippen LogP contribution in [0.1, 0.15) is 43.6 Å². The third kappa shape index (κ3) is 4.93. The lowest BCUT2D eigenvalue weighted by Gasteiger charge is -2.34. The zero-order valence-corrected chi connectivity index (χ0v) is 24.1. The number of carbonyl (C=O) groups excluding carboxylic acids is 1. The number of fused-ring (bicyclic) bond motifs is 2. The highest BCUT2D eigenvalue weighted by Crippen LogP contribution is 2.45. The number of benzene rings is 3. The third-order valence-corrected chi connectivity index (χ3v) is 7.89. The quantitative estimate of drug-likeness (QED) is 0.117.